The molecule has 0 saturated heterocycles. The molecule has 46 valence electrons. The first-order valence-electron chi connectivity index (χ1n) is 2.35. The predicted octanol–water partition coefficient (Wildman–Crippen LogP) is 0.916. The highest BCUT2D eigenvalue weighted by Crippen LogP contribution is 2.35. The Labute approximate surface area is 66.3 Å². The quantitative estimate of drug-likeness (QED) is 0.465. The fraction of sp³-hybridized carbons (Fsp3) is 1.00. The number of rotatable bonds is 2. The van der Waals surface area contributed by atoms with Crippen molar-refractivity contribution in [2.24, 2.45) is 0 Å². The Bertz CT molecular complexity index is 88.0. The van der Waals surface area contributed by atoms with Gasteiger partial charge in [0.2, 0.25) is 0 Å². The molecule has 0 bridgehead atoms. The Morgan fingerprint density at radius 2 is 2.00 bits per heavy atom. The van der Waals surface area contributed by atoms with Gasteiger partial charge in [-0.15, -0.1) is 0 Å². The van der Waals surface area contributed by atoms with Gasteiger partial charge in [0, 0.05) is 35.9 Å². The summed E-state index contributed by atoms with van der Waals surface area (Å²) in [5, 5.41) is 0. The normalized spacial score (nSPS) is 16.4. The largest absolute Gasteiger partial charge is 0.344 e. The zero-order valence-corrected chi connectivity index (χ0v) is 7.73. The first-order valence-corrected chi connectivity index (χ1v) is 4.65. The van der Waals surface area contributed by atoms with Gasteiger partial charge >= 0.3 is 0 Å². The minimum atomic E-state index is -2.67. The molecular weight excluding hydrogens is 135 g/mol. The van der Waals surface area contributed by atoms with Crippen LogP contribution >= 0.6 is 7.37 Å². The molecule has 1 atom stereocenters. The molecule has 0 aromatic rings. The van der Waals surface area contributed by atoms with Crippen LogP contribution in [0.3, 0.4) is 0 Å². The highest BCUT2D eigenvalue weighted by atomic mass is 31.2. The molecule has 0 amide bonds. The summed E-state index contributed by atoms with van der Waals surface area (Å²) >= 11 is 0. The maximum absolute atomic E-state index is 10.4. The SMILES string of the molecule is CCCP(C)(=O)O.[Mg]. The third-order valence-electron chi connectivity index (χ3n) is 0.639. The third-order valence-corrected chi connectivity index (χ3v) is 1.92. The molecule has 2 radical (unpaired) electrons. The second kappa shape index (κ2) is 4.80. The fourth-order valence-electron chi connectivity index (χ4n) is 0.415. The zero-order chi connectivity index (χ0) is 5.91. The summed E-state index contributed by atoms with van der Waals surface area (Å²) in [6.07, 6.45) is 1.25. The van der Waals surface area contributed by atoms with E-state index >= 15 is 0 Å². The molecule has 8 heavy (non-hydrogen) atoms. The molecule has 0 aromatic carbocycles. The van der Waals surface area contributed by atoms with Gasteiger partial charge < -0.3 is 4.89 Å². The zero-order valence-electron chi connectivity index (χ0n) is 5.42. The molecule has 0 saturated carbocycles. The van der Waals surface area contributed by atoms with E-state index in [1.165, 1.54) is 6.66 Å². The molecule has 0 aliphatic carbocycles. The van der Waals surface area contributed by atoms with E-state index in [-0.39, 0.29) is 23.1 Å². The maximum Gasteiger partial charge on any atom is 0.197 e. The molecule has 0 aliphatic rings. The second-order valence-corrected chi connectivity index (χ2v) is 4.32. The van der Waals surface area contributed by atoms with E-state index < -0.39 is 7.37 Å². The highest BCUT2D eigenvalue weighted by molar-refractivity contribution is 7.57. The van der Waals surface area contributed by atoms with Crippen molar-refractivity contribution in [3.63, 3.8) is 0 Å². The van der Waals surface area contributed by atoms with Crippen LogP contribution in [0.15, 0.2) is 0 Å². The van der Waals surface area contributed by atoms with Gasteiger partial charge in [-0.3, -0.25) is 4.57 Å². The maximum atomic E-state index is 10.4. The Kier molecular flexibility index (Phi) is 7.03. The molecule has 0 spiro atoms. The van der Waals surface area contributed by atoms with Crippen LogP contribution in [0.5, 0.6) is 0 Å². The van der Waals surface area contributed by atoms with Crippen molar-refractivity contribution >= 4 is 30.4 Å². The first-order chi connectivity index (χ1) is 3.06. The summed E-state index contributed by atoms with van der Waals surface area (Å²) in [4.78, 5) is 8.57. The van der Waals surface area contributed by atoms with Gasteiger partial charge in [-0.2, -0.15) is 0 Å². The molecule has 0 aromatic heterocycles. The first kappa shape index (κ1) is 11.7. The van der Waals surface area contributed by atoms with Crippen molar-refractivity contribution < 1.29 is 9.46 Å². The second-order valence-electron chi connectivity index (χ2n) is 1.77. The van der Waals surface area contributed by atoms with Gasteiger partial charge in [-0.1, -0.05) is 6.92 Å². The van der Waals surface area contributed by atoms with Crippen molar-refractivity contribution in [1.29, 1.82) is 0 Å². The molecule has 4 heteroatoms. The standard InChI is InChI=1S/C4H11O2P.Mg/c1-3-4-7(2,5)6;/h3-4H2,1-2H3,(H,5,6);. The molecular formula is C4H11MgO2P. The lowest BCUT2D eigenvalue weighted by atomic mass is 10.6. The van der Waals surface area contributed by atoms with Crippen molar-refractivity contribution in [1.82, 2.24) is 0 Å². The van der Waals surface area contributed by atoms with Crippen LogP contribution in [0.4, 0.5) is 0 Å². The lowest BCUT2D eigenvalue weighted by molar-refractivity contribution is 0.484. The highest BCUT2D eigenvalue weighted by Gasteiger charge is 2.04. The van der Waals surface area contributed by atoms with Gasteiger partial charge in [-0.05, 0) is 6.42 Å². The summed E-state index contributed by atoms with van der Waals surface area (Å²) in [7, 11) is -2.67. The van der Waals surface area contributed by atoms with Crippen LogP contribution < -0.4 is 0 Å². The van der Waals surface area contributed by atoms with Gasteiger partial charge in [0.25, 0.3) is 0 Å². The fourth-order valence-corrected chi connectivity index (χ4v) is 1.24. The summed E-state index contributed by atoms with van der Waals surface area (Å²) in [6.45, 7) is 3.28. The minimum absolute atomic E-state index is 0. The number of hydrogen-bond donors (Lipinski definition) is 1. The topological polar surface area (TPSA) is 37.3 Å². The van der Waals surface area contributed by atoms with Crippen LogP contribution in [0.25, 0.3) is 0 Å². The molecule has 0 aliphatic heterocycles. The van der Waals surface area contributed by atoms with Gasteiger partial charge in [0.15, 0.2) is 7.37 Å². The molecule has 0 heterocycles. The van der Waals surface area contributed by atoms with Crippen molar-refractivity contribution in [2.75, 3.05) is 12.8 Å². The predicted molar refractivity (Wildman–Crippen MR) is 36.7 cm³/mol. The smallest absolute Gasteiger partial charge is 0.197 e. The Morgan fingerprint density at radius 3 is 2.00 bits per heavy atom. The van der Waals surface area contributed by atoms with Crippen LogP contribution in [0, 0.1) is 0 Å². The van der Waals surface area contributed by atoms with Crippen molar-refractivity contribution in [2.45, 2.75) is 13.3 Å². The molecule has 1 unspecified atom stereocenters. The van der Waals surface area contributed by atoms with E-state index in [1.807, 2.05) is 6.92 Å². The van der Waals surface area contributed by atoms with E-state index in [0.29, 0.717) is 6.16 Å². The van der Waals surface area contributed by atoms with E-state index in [1.54, 1.807) is 0 Å². The van der Waals surface area contributed by atoms with Crippen LogP contribution in [0.2, 0.25) is 0 Å². The summed E-state index contributed by atoms with van der Waals surface area (Å²) in [5.74, 6) is 0. The minimum Gasteiger partial charge on any atom is -0.344 e. The van der Waals surface area contributed by atoms with Crippen molar-refractivity contribution in [3.05, 3.63) is 0 Å². The van der Waals surface area contributed by atoms with Crippen LogP contribution in [-0.4, -0.2) is 40.8 Å². The Morgan fingerprint density at radius 1 is 1.62 bits per heavy atom. The molecule has 0 rings (SSSR count). The molecule has 2 nitrogen and oxygen atoms in total. The lowest BCUT2D eigenvalue weighted by Crippen LogP contribution is -1.81. The summed E-state index contributed by atoms with van der Waals surface area (Å²) < 4.78 is 10.4. The van der Waals surface area contributed by atoms with Gasteiger partial charge in [0.1, 0.15) is 0 Å². The molecule has 1 N–H and O–H groups in total. The van der Waals surface area contributed by atoms with Crippen LogP contribution in [0.1, 0.15) is 13.3 Å². The molecule has 0 fully saturated rings. The summed E-state index contributed by atoms with van der Waals surface area (Å²) in [5.41, 5.74) is 0. The third kappa shape index (κ3) is 10.0. The number of hydrogen-bond acceptors (Lipinski definition) is 1. The Hall–Kier alpha value is 0.956. The Balaban J connectivity index is 0. The lowest BCUT2D eigenvalue weighted by Gasteiger charge is -1.98. The van der Waals surface area contributed by atoms with Gasteiger partial charge in [-0.25, -0.2) is 0 Å². The van der Waals surface area contributed by atoms with E-state index in [2.05, 4.69) is 0 Å². The van der Waals surface area contributed by atoms with E-state index in [0.717, 1.165) is 6.42 Å². The average Bonchev–Trinajstić information content (AvgIpc) is 1.30. The van der Waals surface area contributed by atoms with Gasteiger partial charge in [0.05, 0.1) is 0 Å². The van der Waals surface area contributed by atoms with E-state index in [9.17, 15) is 4.57 Å². The van der Waals surface area contributed by atoms with E-state index in [4.69, 9.17) is 4.89 Å². The average molecular weight is 146 g/mol. The summed E-state index contributed by atoms with van der Waals surface area (Å²) in [6, 6.07) is 0. The monoisotopic (exact) mass is 146 g/mol. The van der Waals surface area contributed by atoms with Crippen LogP contribution in [-0.2, 0) is 4.57 Å². The van der Waals surface area contributed by atoms with Crippen molar-refractivity contribution in [3.8, 4) is 0 Å².